The van der Waals surface area contributed by atoms with Crippen LogP contribution < -0.4 is 5.32 Å². The van der Waals surface area contributed by atoms with Gasteiger partial charge in [-0.25, -0.2) is 0 Å². The number of hydrogen-bond donors (Lipinski definition) is 1. The van der Waals surface area contributed by atoms with E-state index in [0.29, 0.717) is 0 Å². The molecule has 0 amide bonds. The molecule has 0 saturated carbocycles. The van der Waals surface area contributed by atoms with Gasteiger partial charge in [-0.05, 0) is 27.4 Å². The van der Waals surface area contributed by atoms with Gasteiger partial charge in [0.05, 0.1) is 12.7 Å². The van der Waals surface area contributed by atoms with E-state index in [1.54, 1.807) is 17.5 Å². The van der Waals surface area contributed by atoms with Gasteiger partial charge < -0.3 is 5.32 Å². The quantitative estimate of drug-likeness (QED) is 0.931. The maximum absolute atomic E-state index is 4.08. The zero-order valence-electron chi connectivity index (χ0n) is 7.70. The molecule has 3 nitrogen and oxygen atoms in total. The van der Waals surface area contributed by atoms with Crippen molar-refractivity contribution in [2.75, 3.05) is 5.32 Å². The third kappa shape index (κ3) is 1.99. The van der Waals surface area contributed by atoms with E-state index in [9.17, 15) is 0 Å². The monoisotopic (exact) mass is 271 g/mol. The van der Waals surface area contributed by atoms with Crippen LogP contribution in [0.25, 0.3) is 0 Å². The average molecular weight is 272 g/mol. The molecule has 2 aromatic rings. The summed E-state index contributed by atoms with van der Waals surface area (Å²) >= 11 is 5.24. The van der Waals surface area contributed by atoms with E-state index >= 15 is 0 Å². The molecule has 0 atom stereocenters. The van der Waals surface area contributed by atoms with E-state index in [2.05, 4.69) is 37.8 Å². The topological polar surface area (TPSA) is 29.9 Å². The second-order valence-corrected chi connectivity index (χ2v) is 4.74. The van der Waals surface area contributed by atoms with Crippen molar-refractivity contribution in [3.05, 3.63) is 33.1 Å². The summed E-state index contributed by atoms with van der Waals surface area (Å²) < 4.78 is 2.98. The summed E-state index contributed by atoms with van der Waals surface area (Å²) in [6.45, 7) is 0.831. The summed E-state index contributed by atoms with van der Waals surface area (Å²) in [4.78, 5) is 1.30. The van der Waals surface area contributed by atoms with Gasteiger partial charge in [0.2, 0.25) is 0 Å². The molecule has 2 heterocycles. The minimum Gasteiger partial charge on any atom is -0.365 e. The van der Waals surface area contributed by atoms with Gasteiger partial charge in [-0.3, -0.25) is 4.68 Å². The first-order chi connectivity index (χ1) is 6.77. The summed E-state index contributed by atoms with van der Waals surface area (Å²) in [5.41, 5.74) is 0. The van der Waals surface area contributed by atoms with Gasteiger partial charge in [0.25, 0.3) is 0 Å². The van der Waals surface area contributed by atoms with Crippen molar-refractivity contribution in [2.24, 2.45) is 7.05 Å². The van der Waals surface area contributed by atoms with Gasteiger partial charge in [0.1, 0.15) is 5.82 Å². The van der Waals surface area contributed by atoms with Crippen molar-refractivity contribution in [1.29, 1.82) is 0 Å². The molecule has 0 aromatic carbocycles. The summed E-state index contributed by atoms with van der Waals surface area (Å²) in [7, 11) is 1.92. The number of aromatic nitrogens is 2. The van der Waals surface area contributed by atoms with Crippen LogP contribution in [-0.4, -0.2) is 9.78 Å². The Morgan fingerprint density at radius 1 is 1.57 bits per heavy atom. The summed E-state index contributed by atoms with van der Waals surface area (Å²) in [5.74, 6) is 1.03. The van der Waals surface area contributed by atoms with Gasteiger partial charge in [-0.15, -0.1) is 11.3 Å². The van der Waals surface area contributed by atoms with Gasteiger partial charge in [-0.1, -0.05) is 0 Å². The Kier molecular flexibility index (Phi) is 2.88. The molecule has 2 aromatic heterocycles. The molecule has 1 N–H and O–H groups in total. The number of rotatable bonds is 3. The molecule has 5 heteroatoms. The summed E-state index contributed by atoms with van der Waals surface area (Å²) in [6, 6.07) is 4.02. The van der Waals surface area contributed by atoms with Crippen LogP contribution in [0.4, 0.5) is 5.82 Å². The highest BCUT2D eigenvalue weighted by atomic mass is 79.9. The van der Waals surface area contributed by atoms with Crippen LogP contribution in [0.3, 0.4) is 0 Å². The highest BCUT2D eigenvalue weighted by Gasteiger charge is 2.02. The molecule has 0 unspecified atom stereocenters. The van der Waals surface area contributed by atoms with Gasteiger partial charge in [0.15, 0.2) is 0 Å². The SMILES string of the molecule is Cn1nccc1NCc1sccc1Br. The fourth-order valence-electron chi connectivity index (χ4n) is 1.17. The van der Waals surface area contributed by atoms with E-state index in [1.807, 2.05) is 17.8 Å². The molecule has 0 saturated heterocycles. The number of nitrogens with zero attached hydrogens (tertiary/aromatic N) is 2. The van der Waals surface area contributed by atoms with Crippen LogP contribution in [0.15, 0.2) is 28.2 Å². The molecule has 74 valence electrons. The molecule has 0 radical (unpaired) electrons. The third-order valence-electron chi connectivity index (χ3n) is 1.94. The lowest BCUT2D eigenvalue weighted by Gasteiger charge is -2.04. The number of anilines is 1. The molecule has 0 aliphatic rings. The maximum atomic E-state index is 4.08. The van der Waals surface area contributed by atoms with Crippen LogP contribution in [0.2, 0.25) is 0 Å². The van der Waals surface area contributed by atoms with Crippen LogP contribution in [-0.2, 0) is 13.6 Å². The lowest BCUT2D eigenvalue weighted by atomic mass is 10.4. The van der Waals surface area contributed by atoms with Crippen LogP contribution in [0, 0.1) is 0 Å². The van der Waals surface area contributed by atoms with E-state index < -0.39 is 0 Å². The van der Waals surface area contributed by atoms with Crippen molar-refractivity contribution in [3.63, 3.8) is 0 Å². The normalized spacial score (nSPS) is 10.4. The molecular weight excluding hydrogens is 262 g/mol. The smallest absolute Gasteiger partial charge is 0.124 e. The number of nitrogens with one attached hydrogen (secondary N) is 1. The second kappa shape index (κ2) is 4.14. The molecule has 0 fully saturated rings. The van der Waals surface area contributed by atoms with Gasteiger partial charge in [0, 0.05) is 22.5 Å². The first kappa shape index (κ1) is 9.73. The number of thiophene rings is 1. The zero-order chi connectivity index (χ0) is 9.97. The largest absolute Gasteiger partial charge is 0.365 e. The fourth-order valence-corrected chi connectivity index (χ4v) is 2.60. The molecule has 0 aliphatic carbocycles. The molecular formula is C9H10BrN3S. The van der Waals surface area contributed by atoms with Gasteiger partial charge in [-0.2, -0.15) is 5.10 Å². The second-order valence-electron chi connectivity index (χ2n) is 2.89. The Balaban J connectivity index is 2.02. The minimum absolute atomic E-state index is 0.831. The molecule has 0 aliphatic heterocycles. The number of hydrogen-bond acceptors (Lipinski definition) is 3. The van der Waals surface area contributed by atoms with Gasteiger partial charge >= 0.3 is 0 Å². The van der Waals surface area contributed by atoms with Crippen molar-refractivity contribution in [1.82, 2.24) is 9.78 Å². The van der Waals surface area contributed by atoms with Crippen LogP contribution >= 0.6 is 27.3 Å². The Labute approximate surface area is 94.9 Å². The molecule has 0 spiro atoms. The lowest BCUT2D eigenvalue weighted by Crippen LogP contribution is -2.03. The summed E-state index contributed by atoms with van der Waals surface area (Å²) in [5, 5.41) is 9.48. The average Bonchev–Trinajstić information content (AvgIpc) is 2.72. The summed E-state index contributed by atoms with van der Waals surface area (Å²) in [6.07, 6.45) is 1.78. The Hall–Kier alpha value is -0.810. The standard InChI is InChI=1S/C9H10BrN3S/c1-13-9(2-4-12-13)11-6-8-7(10)3-5-14-8/h2-5,11H,6H2,1H3. The van der Waals surface area contributed by atoms with E-state index in [-0.39, 0.29) is 0 Å². The fraction of sp³-hybridized carbons (Fsp3) is 0.222. The van der Waals surface area contributed by atoms with Crippen molar-refractivity contribution in [3.8, 4) is 0 Å². The number of halogens is 1. The van der Waals surface area contributed by atoms with Crippen molar-refractivity contribution < 1.29 is 0 Å². The van der Waals surface area contributed by atoms with Crippen molar-refractivity contribution in [2.45, 2.75) is 6.54 Å². The predicted molar refractivity (Wildman–Crippen MR) is 62.6 cm³/mol. The third-order valence-corrected chi connectivity index (χ3v) is 3.87. The first-order valence-corrected chi connectivity index (χ1v) is 5.88. The minimum atomic E-state index is 0.831. The molecule has 0 bridgehead atoms. The maximum Gasteiger partial charge on any atom is 0.124 e. The Morgan fingerprint density at radius 2 is 2.43 bits per heavy atom. The van der Waals surface area contributed by atoms with Crippen molar-refractivity contribution >= 4 is 33.1 Å². The van der Waals surface area contributed by atoms with Crippen LogP contribution in [0.1, 0.15) is 4.88 Å². The molecule has 14 heavy (non-hydrogen) atoms. The Bertz CT molecular complexity index is 381. The van der Waals surface area contributed by atoms with Crippen LogP contribution in [0.5, 0.6) is 0 Å². The zero-order valence-corrected chi connectivity index (χ0v) is 10.1. The predicted octanol–water partition coefficient (Wildman–Crippen LogP) is 2.86. The van der Waals surface area contributed by atoms with E-state index in [4.69, 9.17) is 0 Å². The highest BCUT2D eigenvalue weighted by molar-refractivity contribution is 9.10. The highest BCUT2D eigenvalue weighted by Crippen LogP contribution is 2.23. The Morgan fingerprint density at radius 3 is 3.00 bits per heavy atom. The van der Waals surface area contributed by atoms with E-state index in [0.717, 1.165) is 16.8 Å². The molecule has 2 rings (SSSR count). The lowest BCUT2D eigenvalue weighted by molar-refractivity contribution is 0.769. The van der Waals surface area contributed by atoms with E-state index in [1.165, 1.54) is 4.88 Å². The number of aryl methyl sites for hydroxylation is 1. The first-order valence-electron chi connectivity index (χ1n) is 4.21.